The number of hydrogen-bond acceptors (Lipinski definition) is 3. The van der Waals surface area contributed by atoms with Gasteiger partial charge in [-0.1, -0.05) is 24.3 Å². The molecule has 1 saturated heterocycles. The summed E-state index contributed by atoms with van der Waals surface area (Å²) in [7, 11) is 0. The Hall–Kier alpha value is -1.39. The fourth-order valence-electron chi connectivity index (χ4n) is 2.79. The molecule has 0 radical (unpaired) electrons. The topological polar surface area (TPSA) is 75.4 Å². The van der Waals surface area contributed by atoms with Crippen LogP contribution in [0.15, 0.2) is 24.3 Å². The van der Waals surface area contributed by atoms with Crippen LogP contribution in [0.25, 0.3) is 0 Å². The summed E-state index contributed by atoms with van der Waals surface area (Å²) in [6, 6.07) is 8.04. The summed E-state index contributed by atoms with van der Waals surface area (Å²) in [5, 5.41) is 12.1. The molecule has 0 bridgehead atoms. The minimum Gasteiger partial charge on any atom is -0.481 e. The average molecular weight is 262 g/mol. The van der Waals surface area contributed by atoms with Gasteiger partial charge in [-0.25, -0.2) is 0 Å². The summed E-state index contributed by atoms with van der Waals surface area (Å²) in [6.07, 6.45) is 2.88. The Bertz CT molecular complexity index is 428. The zero-order chi connectivity index (χ0) is 13.7. The molecule has 0 saturated carbocycles. The number of nitrogens with two attached hydrogens (primary N) is 1. The molecule has 2 rings (SSSR count). The highest BCUT2D eigenvalue weighted by molar-refractivity contribution is 5.66. The third-order valence-electron chi connectivity index (χ3n) is 3.84. The maximum absolute atomic E-state index is 10.7. The lowest BCUT2D eigenvalue weighted by atomic mass is 9.84. The van der Waals surface area contributed by atoms with Crippen LogP contribution in [-0.2, 0) is 4.79 Å². The van der Waals surface area contributed by atoms with E-state index in [1.54, 1.807) is 0 Å². The maximum atomic E-state index is 10.7. The molecule has 4 nitrogen and oxygen atoms in total. The lowest BCUT2D eigenvalue weighted by molar-refractivity contribution is -0.137. The summed E-state index contributed by atoms with van der Waals surface area (Å²) in [5.74, 6) is -0.233. The minimum absolute atomic E-state index is 0.127. The molecule has 1 unspecified atom stereocenters. The van der Waals surface area contributed by atoms with Crippen molar-refractivity contribution < 1.29 is 9.90 Å². The van der Waals surface area contributed by atoms with Crippen molar-refractivity contribution >= 4 is 5.97 Å². The van der Waals surface area contributed by atoms with Crippen molar-refractivity contribution in [3.8, 4) is 0 Å². The predicted molar refractivity (Wildman–Crippen MR) is 75.1 cm³/mol. The van der Waals surface area contributed by atoms with Crippen molar-refractivity contribution in [2.45, 2.75) is 37.6 Å². The highest BCUT2D eigenvalue weighted by Gasteiger charge is 2.20. The first-order valence-electron chi connectivity index (χ1n) is 6.95. The van der Waals surface area contributed by atoms with Gasteiger partial charge < -0.3 is 16.2 Å². The van der Waals surface area contributed by atoms with Gasteiger partial charge in [-0.3, -0.25) is 4.79 Å². The molecule has 1 atom stereocenters. The summed E-state index contributed by atoms with van der Waals surface area (Å²) in [4.78, 5) is 10.7. The molecule has 1 aromatic rings. The van der Waals surface area contributed by atoms with Crippen molar-refractivity contribution in [1.82, 2.24) is 5.32 Å². The Morgan fingerprint density at radius 1 is 1.37 bits per heavy atom. The number of rotatable bonds is 5. The van der Waals surface area contributed by atoms with Crippen LogP contribution in [0.4, 0.5) is 0 Å². The van der Waals surface area contributed by atoms with E-state index in [0.717, 1.165) is 31.5 Å². The number of carboxylic acids is 1. The van der Waals surface area contributed by atoms with E-state index in [1.807, 2.05) is 18.2 Å². The molecule has 1 fully saturated rings. The highest BCUT2D eigenvalue weighted by atomic mass is 16.4. The van der Waals surface area contributed by atoms with Crippen LogP contribution in [-0.4, -0.2) is 24.2 Å². The first kappa shape index (κ1) is 14.0. The molecule has 0 spiro atoms. The van der Waals surface area contributed by atoms with Crippen molar-refractivity contribution in [2.75, 3.05) is 13.1 Å². The van der Waals surface area contributed by atoms with Crippen LogP contribution in [0.3, 0.4) is 0 Å². The Morgan fingerprint density at radius 3 is 2.74 bits per heavy atom. The van der Waals surface area contributed by atoms with Crippen LogP contribution in [0.1, 0.15) is 48.8 Å². The lowest BCUT2D eigenvalue weighted by Crippen LogP contribution is -2.27. The van der Waals surface area contributed by atoms with Crippen LogP contribution < -0.4 is 11.1 Å². The molecule has 1 aromatic carbocycles. The number of hydrogen-bond donors (Lipinski definition) is 3. The third-order valence-corrected chi connectivity index (χ3v) is 3.84. The van der Waals surface area contributed by atoms with Crippen molar-refractivity contribution in [3.63, 3.8) is 0 Å². The first-order chi connectivity index (χ1) is 9.18. The monoisotopic (exact) mass is 262 g/mol. The fraction of sp³-hybridized carbons (Fsp3) is 0.533. The first-order valence-corrected chi connectivity index (χ1v) is 6.95. The molecule has 4 N–H and O–H groups in total. The van der Waals surface area contributed by atoms with Gasteiger partial charge in [0.25, 0.3) is 0 Å². The van der Waals surface area contributed by atoms with E-state index in [2.05, 4.69) is 11.4 Å². The van der Waals surface area contributed by atoms with E-state index in [1.165, 1.54) is 5.56 Å². The second-order valence-corrected chi connectivity index (χ2v) is 5.19. The van der Waals surface area contributed by atoms with Crippen molar-refractivity contribution in [3.05, 3.63) is 35.4 Å². The molecule has 1 heterocycles. The Kier molecular flexibility index (Phi) is 4.93. The molecule has 104 valence electrons. The molecule has 4 heteroatoms. The molecule has 0 aliphatic carbocycles. The van der Waals surface area contributed by atoms with E-state index < -0.39 is 5.97 Å². The van der Waals surface area contributed by atoms with Crippen LogP contribution in [0.2, 0.25) is 0 Å². The van der Waals surface area contributed by atoms with E-state index in [0.29, 0.717) is 12.3 Å². The third kappa shape index (κ3) is 3.78. The van der Waals surface area contributed by atoms with Gasteiger partial charge in [0.15, 0.2) is 0 Å². The lowest BCUT2D eigenvalue weighted by Gasteiger charge is -2.26. The second kappa shape index (κ2) is 6.68. The number of aliphatic carboxylic acids is 1. The van der Waals surface area contributed by atoms with E-state index in [-0.39, 0.29) is 12.5 Å². The normalized spacial score (nSPS) is 18.2. The van der Waals surface area contributed by atoms with Crippen molar-refractivity contribution in [2.24, 2.45) is 5.73 Å². The van der Waals surface area contributed by atoms with Crippen LogP contribution >= 0.6 is 0 Å². The summed E-state index contributed by atoms with van der Waals surface area (Å²) in [5.41, 5.74) is 8.60. The highest BCUT2D eigenvalue weighted by Crippen LogP contribution is 2.31. The summed E-state index contributed by atoms with van der Waals surface area (Å²) >= 11 is 0. The van der Waals surface area contributed by atoms with Gasteiger partial charge in [0, 0.05) is 12.5 Å². The Balaban J connectivity index is 2.12. The van der Waals surface area contributed by atoms with E-state index in [9.17, 15) is 4.79 Å². The smallest absolute Gasteiger partial charge is 0.303 e. The van der Waals surface area contributed by atoms with E-state index in [4.69, 9.17) is 10.8 Å². The predicted octanol–water partition coefficient (Wildman–Crippen LogP) is 2.02. The molecule has 1 aliphatic heterocycles. The molecule has 0 aromatic heterocycles. The van der Waals surface area contributed by atoms with Gasteiger partial charge in [-0.05, 0) is 49.4 Å². The van der Waals surface area contributed by atoms with Gasteiger partial charge >= 0.3 is 5.97 Å². The molecular formula is C15H22N2O2. The quantitative estimate of drug-likeness (QED) is 0.759. The molecule has 0 amide bonds. The zero-order valence-corrected chi connectivity index (χ0v) is 11.1. The largest absolute Gasteiger partial charge is 0.481 e. The van der Waals surface area contributed by atoms with Gasteiger partial charge in [0.05, 0.1) is 0 Å². The van der Waals surface area contributed by atoms with E-state index >= 15 is 0 Å². The molecular weight excluding hydrogens is 240 g/mol. The fourth-order valence-corrected chi connectivity index (χ4v) is 2.79. The number of nitrogens with one attached hydrogen (secondary N) is 1. The van der Waals surface area contributed by atoms with Gasteiger partial charge in [0.1, 0.15) is 0 Å². The average Bonchev–Trinajstić information content (AvgIpc) is 2.45. The van der Waals surface area contributed by atoms with Gasteiger partial charge in [-0.2, -0.15) is 0 Å². The summed E-state index contributed by atoms with van der Waals surface area (Å²) in [6.45, 7) is 2.09. The van der Waals surface area contributed by atoms with Crippen LogP contribution in [0, 0.1) is 0 Å². The number of benzene rings is 1. The Labute approximate surface area is 114 Å². The molecule has 1 aliphatic rings. The number of carbonyl (C=O) groups is 1. The second-order valence-electron chi connectivity index (χ2n) is 5.19. The van der Waals surface area contributed by atoms with Crippen molar-refractivity contribution in [1.29, 1.82) is 0 Å². The minimum atomic E-state index is -0.783. The van der Waals surface area contributed by atoms with Crippen LogP contribution in [0.5, 0.6) is 0 Å². The zero-order valence-electron chi connectivity index (χ0n) is 11.1. The number of carboxylic acid groups (broad SMARTS) is 1. The summed E-state index contributed by atoms with van der Waals surface area (Å²) < 4.78 is 0. The SMILES string of the molecule is NC(CCC(=O)O)c1ccccc1C1CCNCC1. The van der Waals surface area contributed by atoms with Gasteiger partial charge in [0.2, 0.25) is 0 Å². The molecule has 19 heavy (non-hydrogen) atoms. The standard InChI is InChI=1S/C15H22N2O2/c16-14(5-6-15(18)19)13-4-2-1-3-12(13)11-7-9-17-10-8-11/h1-4,11,14,17H,5-10,16H2,(H,18,19). The number of piperidine rings is 1. The van der Waals surface area contributed by atoms with Gasteiger partial charge in [-0.15, -0.1) is 0 Å². The maximum Gasteiger partial charge on any atom is 0.303 e. The Morgan fingerprint density at radius 2 is 2.05 bits per heavy atom.